The minimum Gasteiger partial charge on any atom is -0.319 e. The molecule has 0 atom stereocenters. The molecule has 96 valence electrons. The lowest BCUT2D eigenvalue weighted by Crippen LogP contribution is -2.48. The molecule has 16 heavy (non-hydrogen) atoms. The number of nitrogens with one attached hydrogen (secondary N) is 2. The van der Waals surface area contributed by atoms with Crippen LogP contribution in [0.5, 0.6) is 0 Å². The van der Waals surface area contributed by atoms with E-state index in [2.05, 4.69) is 10.0 Å². The highest BCUT2D eigenvalue weighted by atomic mass is 32.2. The SMILES string of the molecule is CCCCS(=O)(=O)NCC1(CNC)CCC1. The van der Waals surface area contributed by atoms with Gasteiger partial charge < -0.3 is 5.32 Å². The van der Waals surface area contributed by atoms with E-state index in [1.807, 2.05) is 14.0 Å². The fraction of sp³-hybridized carbons (Fsp3) is 1.00. The van der Waals surface area contributed by atoms with Crippen molar-refractivity contribution >= 4 is 10.0 Å². The fourth-order valence-corrected chi connectivity index (χ4v) is 3.48. The van der Waals surface area contributed by atoms with Gasteiger partial charge in [-0.25, -0.2) is 13.1 Å². The van der Waals surface area contributed by atoms with Crippen molar-refractivity contribution in [2.24, 2.45) is 5.41 Å². The monoisotopic (exact) mass is 248 g/mol. The van der Waals surface area contributed by atoms with E-state index in [0.717, 1.165) is 32.2 Å². The summed E-state index contributed by atoms with van der Waals surface area (Å²) in [5, 5.41) is 3.16. The van der Waals surface area contributed by atoms with Crippen LogP contribution in [0, 0.1) is 5.41 Å². The second kappa shape index (κ2) is 5.98. The summed E-state index contributed by atoms with van der Waals surface area (Å²) in [6, 6.07) is 0. The Labute approximate surface area is 99.2 Å². The van der Waals surface area contributed by atoms with Crippen molar-refractivity contribution < 1.29 is 8.42 Å². The van der Waals surface area contributed by atoms with Gasteiger partial charge in [0.15, 0.2) is 0 Å². The highest BCUT2D eigenvalue weighted by Crippen LogP contribution is 2.39. The molecule has 1 aliphatic carbocycles. The lowest BCUT2D eigenvalue weighted by Gasteiger charge is -2.41. The normalized spacial score (nSPS) is 19.4. The Morgan fingerprint density at radius 3 is 2.38 bits per heavy atom. The van der Waals surface area contributed by atoms with Crippen LogP contribution in [0.3, 0.4) is 0 Å². The fourth-order valence-electron chi connectivity index (χ4n) is 2.14. The average molecular weight is 248 g/mol. The lowest BCUT2D eigenvalue weighted by molar-refractivity contribution is 0.139. The van der Waals surface area contributed by atoms with Crippen molar-refractivity contribution in [3.8, 4) is 0 Å². The Hall–Kier alpha value is -0.130. The number of sulfonamides is 1. The van der Waals surface area contributed by atoms with Gasteiger partial charge in [-0.05, 0) is 31.7 Å². The van der Waals surface area contributed by atoms with Crippen LogP contribution in [0.2, 0.25) is 0 Å². The first-order chi connectivity index (χ1) is 7.54. The quantitative estimate of drug-likeness (QED) is 0.676. The van der Waals surface area contributed by atoms with Gasteiger partial charge >= 0.3 is 0 Å². The molecule has 0 spiro atoms. The first kappa shape index (κ1) is 13.9. The van der Waals surface area contributed by atoms with Gasteiger partial charge in [-0.2, -0.15) is 0 Å². The molecule has 0 aromatic carbocycles. The molecule has 5 heteroatoms. The van der Waals surface area contributed by atoms with Crippen LogP contribution in [0.25, 0.3) is 0 Å². The Kier molecular flexibility index (Phi) is 5.21. The molecule has 0 bridgehead atoms. The first-order valence-electron chi connectivity index (χ1n) is 6.15. The van der Waals surface area contributed by atoms with Gasteiger partial charge in [0.2, 0.25) is 10.0 Å². The summed E-state index contributed by atoms with van der Waals surface area (Å²) in [6.07, 6.45) is 5.14. The Bertz CT molecular complexity index is 297. The van der Waals surface area contributed by atoms with Crippen LogP contribution in [-0.4, -0.2) is 34.3 Å². The molecule has 1 fully saturated rings. The maximum Gasteiger partial charge on any atom is 0.211 e. The third kappa shape index (κ3) is 4.03. The minimum absolute atomic E-state index is 0.175. The summed E-state index contributed by atoms with van der Waals surface area (Å²) in [6.45, 7) is 3.51. The van der Waals surface area contributed by atoms with Gasteiger partial charge in [-0.1, -0.05) is 19.8 Å². The van der Waals surface area contributed by atoms with Gasteiger partial charge in [-0.15, -0.1) is 0 Å². The molecule has 0 amide bonds. The van der Waals surface area contributed by atoms with Gasteiger partial charge in [0.1, 0.15) is 0 Å². The van der Waals surface area contributed by atoms with E-state index < -0.39 is 10.0 Å². The number of hydrogen-bond donors (Lipinski definition) is 2. The molecule has 0 saturated heterocycles. The van der Waals surface area contributed by atoms with E-state index in [4.69, 9.17) is 0 Å². The second-order valence-corrected chi connectivity index (χ2v) is 6.80. The largest absolute Gasteiger partial charge is 0.319 e. The molecule has 1 aliphatic rings. The van der Waals surface area contributed by atoms with E-state index in [1.54, 1.807) is 0 Å². The van der Waals surface area contributed by atoms with E-state index in [1.165, 1.54) is 6.42 Å². The summed E-state index contributed by atoms with van der Waals surface area (Å²) in [4.78, 5) is 0. The molecule has 2 N–H and O–H groups in total. The van der Waals surface area contributed by atoms with E-state index in [-0.39, 0.29) is 11.2 Å². The number of rotatable bonds is 8. The first-order valence-corrected chi connectivity index (χ1v) is 7.81. The maximum atomic E-state index is 11.6. The van der Waals surface area contributed by atoms with Gasteiger partial charge in [0.25, 0.3) is 0 Å². The predicted molar refractivity (Wildman–Crippen MR) is 66.9 cm³/mol. The third-order valence-corrected chi connectivity index (χ3v) is 4.81. The van der Waals surface area contributed by atoms with Crippen molar-refractivity contribution in [2.45, 2.75) is 39.0 Å². The van der Waals surface area contributed by atoms with Gasteiger partial charge in [0, 0.05) is 13.1 Å². The van der Waals surface area contributed by atoms with Crippen molar-refractivity contribution in [2.75, 3.05) is 25.9 Å². The summed E-state index contributed by atoms with van der Waals surface area (Å²) in [5.41, 5.74) is 0.175. The minimum atomic E-state index is -3.05. The number of unbranched alkanes of at least 4 members (excludes halogenated alkanes) is 1. The molecule has 0 aromatic heterocycles. The Balaban J connectivity index is 2.37. The smallest absolute Gasteiger partial charge is 0.211 e. The molecule has 4 nitrogen and oxygen atoms in total. The molecular formula is C11H24N2O2S. The molecule has 0 aliphatic heterocycles. The molecule has 0 heterocycles. The topological polar surface area (TPSA) is 58.2 Å². The van der Waals surface area contributed by atoms with E-state index >= 15 is 0 Å². The Morgan fingerprint density at radius 1 is 1.25 bits per heavy atom. The maximum absolute atomic E-state index is 11.6. The molecule has 0 unspecified atom stereocenters. The average Bonchev–Trinajstić information content (AvgIpc) is 2.19. The van der Waals surface area contributed by atoms with Gasteiger partial charge in [-0.3, -0.25) is 0 Å². The van der Waals surface area contributed by atoms with Crippen molar-refractivity contribution in [1.82, 2.24) is 10.0 Å². The molecule has 1 rings (SSSR count). The van der Waals surface area contributed by atoms with Crippen molar-refractivity contribution in [3.05, 3.63) is 0 Å². The van der Waals surface area contributed by atoms with E-state index in [9.17, 15) is 8.42 Å². The molecule has 1 saturated carbocycles. The highest BCUT2D eigenvalue weighted by Gasteiger charge is 2.36. The summed E-state index contributed by atoms with van der Waals surface area (Å²) in [5.74, 6) is 0.263. The van der Waals surface area contributed by atoms with Crippen LogP contribution < -0.4 is 10.0 Å². The zero-order chi connectivity index (χ0) is 12.1. The third-order valence-electron chi connectivity index (χ3n) is 3.40. The molecule has 0 radical (unpaired) electrons. The summed E-state index contributed by atoms with van der Waals surface area (Å²) >= 11 is 0. The van der Waals surface area contributed by atoms with Crippen LogP contribution >= 0.6 is 0 Å². The summed E-state index contributed by atoms with van der Waals surface area (Å²) < 4.78 is 26.1. The van der Waals surface area contributed by atoms with Crippen molar-refractivity contribution in [3.63, 3.8) is 0 Å². The predicted octanol–water partition coefficient (Wildman–Crippen LogP) is 1.10. The van der Waals surface area contributed by atoms with Crippen LogP contribution in [0.15, 0.2) is 0 Å². The highest BCUT2D eigenvalue weighted by molar-refractivity contribution is 7.89. The summed E-state index contributed by atoms with van der Waals surface area (Å²) in [7, 11) is -1.13. The molecular weight excluding hydrogens is 224 g/mol. The van der Waals surface area contributed by atoms with Crippen LogP contribution in [-0.2, 0) is 10.0 Å². The Morgan fingerprint density at radius 2 is 1.94 bits per heavy atom. The van der Waals surface area contributed by atoms with Crippen molar-refractivity contribution in [1.29, 1.82) is 0 Å². The van der Waals surface area contributed by atoms with Gasteiger partial charge in [0.05, 0.1) is 5.75 Å². The second-order valence-electron chi connectivity index (χ2n) is 4.88. The van der Waals surface area contributed by atoms with Crippen LogP contribution in [0.1, 0.15) is 39.0 Å². The molecule has 0 aromatic rings. The zero-order valence-corrected chi connectivity index (χ0v) is 11.2. The number of hydrogen-bond acceptors (Lipinski definition) is 3. The standard InChI is InChI=1S/C11H24N2O2S/c1-3-4-8-16(14,15)13-10-11(9-12-2)6-5-7-11/h12-13H,3-10H2,1-2H3. The van der Waals surface area contributed by atoms with Crippen LogP contribution in [0.4, 0.5) is 0 Å². The lowest BCUT2D eigenvalue weighted by atomic mass is 9.69. The zero-order valence-electron chi connectivity index (χ0n) is 10.4. The van der Waals surface area contributed by atoms with E-state index in [0.29, 0.717) is 6.54 Å².